The zero-order valence-corrected chi connectivity index (χ0v) is 19.1. The van der Waals surface area contributed by atoms with Crippen LogP contribution >= 0.6 is 0 Å². The van der Waals surface area contributed by atoms with E-state index >= 15 is 0 Å². The summed E-state index contributed by atoms with van der Waals surface area (Å²) in [6.07, 6.45) is 11.0. The summed E-state index contributed by atoms with van der Waals surface area (Å²) in [5, 5.41) is 31.7. The van der Waals surface area contributed by atoms with E-state index in [2.05, 4.69) is 6.92 Å². The van der Waals surface area contributed by atoms with E-state index in [1.165, 1.54) is 0 Å². The SMILES string of the molecule is CS(C)=O.C[C@]12C=CC(=O)C=C1CC[C@@H]1[C@@H]2[C@@H](O)C[C@@]2(C)[C@H]1CC[C@]2(O)C(=O)CO. The first-order chi connectivity index (χ1) is 13.9. The summed E-state index contributed by atoms with van der Waals surface area (Å²) in [6, 6.07) is 0. The maximum Gasteiger partial charge on any atom is 0.190 e. The van der Waals surface area contributed by atoms with Gasteiger partial charge >= 0.3 is 0 Å². The molecule has 0 aromatic rings. The van der Waals surface area contributed by atoms with Crippen molar-refractivity contribution in [2.75, 3.05) is 19.1 Å². The van der Waals surface area contributed by atoms with E-state index in [1.807, 2.05) is 13.0 Å². The summed E-state index contributed by atoms with van der Waals surface area (Å²) in [5.41, 5.74) is -1.54. The molecule has 3 saturated carbocycles. The van der Waals surface area contributed by atoms with Gasteiger partial charge in [0.15, 0.2) is 11.6 Å². The zero-order chi connectivity index (χ0) is 22.5. The van der Waals surface area contributed by atoms with Crippen LogP contribution in [0.15, 0.2) is 23.8 Å². The van der Waals surface area contributed by atoms with Crippen LogP contribution in [0.2, 0.25) is 0 Å². The summed E-state index contributed by atoms with van der Waals surface area (Å²) in [7, 11) is -0.611. The molecule has 4 rings (SSSR count). The third kappa shape index (κ3) is 3.48. The Bertz CT molecular complexity index is 815. The second-order valence-electron chi connectivity index (χ2n) is 9.93. The molecule has 0 amide bonds. The Morgan fingerprint density at radius 1 is 1.27 bits per heavy atom. The van der Waals surface area contributed by atoms with Crippen LogP contribution in [0.1, 0.15) is 46.0 Å². The highest BCUT2D eigenvalue weighted by molar-refractivity contribution is 7.83. The zero-order valence-electron chi connectivity index (χ0n) is 18.3. The van der Waals surface area contributed by atoms with Crippen LogP contribution < -0.4 is 0 Å². The minimum atomic E-state index is -1.56. The first-order valence-electron chi connectivity index (χ1n) is 10.6. The minimum Gasteiger partial charge on any atom is -0.393 e. The fraction of sp³-hybridized carbons (Fsp3) is 0.739. The van der Waals surface area contributed by atoms with E-state index in [0.29, 0.717) is 12.8 Å². The van der Waals surface area contributed by atoms with Gasteiger partial charge < -0.3 is 15.3 Å². The highest BCUT2D eigenvalue weighted by Gasteiger charge is 2.67. The number of aliphatic hydroxyl groups is 3. The average Bonchev–Trinajstić information content (AvgIpc) is 2.92. The third-order valence-corrected chi connectivity index (χ3v) is 8.25. The van der Waals surface area contributed by atoms with E-state index in [-0.39, 0.29) is 29.0 Å². The van der Waals surface area contributed by atoms with Gasteiger partial charge in [0.1, 0.15) is 12.2 Å². The predicted molar refractivity (Wildman–Crippen MR) is 115 cm³/mol. The average molecular weight is 439 g/mol. The van der Waals surface area contributed by atoms with E-state index < -0.39 is 40.3 Å². The number of hydrogen-bond donors (Lipinski definition) is 3. The number of rotatable bonds is 2. The van der Waals surface area contributed by atoms with Crippen LogP contribution in [0.4, 0.5) is 0 Å². The molecule has 0 aliphatic heterocycles. The highest BCUT2D eigenvalue weighted by atomic mass is 32.2. The lowest BCUT2D eigenvalue weighted by atomic mass is 9.46. The van der Waals surface area contributed by atoms with Crippen molar-refractivity contribution in [2.45, 2.75) is 57.7 Å². The lowest BCUT2D eigenvalue weighted by Gasteiger charge is -2.59. The van der Waals surface area contributed by atoms with Gasteiger partial charge in [-0.05, 0) is 56.1 Å². The fourth-order valence-electron chi connectivity index (χ4n) is 6.92. The van der Waals surface area contributed by atoms with E-state index in [9.17, 15) is 29.1 Å². The number of aliphatic hydroxyl groups excluding tert-OH is 2. The number of allylic oxidation sites excluding steroid dienone is 4. The third-order valence-electron chi connectivity index (χ3n) is 8.25. The molecule has 7 heteroatoms. The van der Waals surface area contributed by atoms with Gasteiger partial charge in [0.25, 0.3) is 0 Å². The normalized spacial score (nSPS) is 44.4. The predicted octanol–water partition coefficient (Wildman–Crippen LogP) is 1.55. The van der Waals surface area contributed by atoms with Gasteiger partial charge in [-0.25, -0.2) is 0 Å². The van der Waals surface area contributed by atoms with Gasteiger partial charge in [-0.3, -0.25) is 13.8 Å². The molecule has 3 fully saturated rings. The summed E-state index contributed by atoms with van der Waals surface area (Å²) in [6.45, 7) is 3.34. The Balaban J connectivity index is 0.000000589. The molecular weight excluding hydrogens is 404 g/mol. The minimum absolute atomic E-state index is 0.00912. The largest absolute Gasteiger partial charge is 0.393 e. The second kappa shape index (κ2) is 8.08. The maximum atomic E-state index is 12.4. The van der Waals surface area contributed by atoms with Crippen molar-refractivity contribution in [1.82, 2.24) is 0 Å². The summed E-state index contributed by atoms with van der Waals surface area (Å²) < 4.78 is 9.56. The standard InChI is InChI=1S/C21H28O5.C2H6OS/c1-19-7-5-13(23)9-12(19)3-4-14-15-6-8-21(26,17(25)11-22)20(15,2)10-16(24)18(14)19;1-4(2)3/h5,7,9,14-16,18,22,24,26H,3-4,6,8,10-11H2,1-2H3;1-2H3/t14-,15-,16-,18+,19-,20-,21-;/m0./s1. The van der Waals surface area contributed by atoms with E-state index in [4.69, 9.17) is 0 Å². The van der Waals surface area contributed by atoms with Crippen LogP contribution in [0.25, 0.3) is 0 Å². The fourth-order valence-corrected chi connectivity index (χ4v) is 6.92. The molecular formula is C23H34O6S. The van der Waals surface area contributed by atoms with Gasteiger partial charge in [-0.15, -0.1) is 0 Å². The van der Waals surface area contributed by atoms with Crippen molar-refractivity contribution in [3.05, 3.63) is 23.8 Å². The Morgan fingerprint density at radius 3 is 2.50 bits per heavy atom. The van der Waals surface area contributed by atoms with Crippen molar-refractivity contribution in [1.29, 1.82) is 0 Å². The summed E-state index contributed by atoms with van der Waals surface area (Å²) in [4.78, 5) is 24.2. The summed E-state index contributed by atoms with van der Waals surface area (Å²) >= 11 is 0. The van der Waals surface area contributed by atoms with E-state index in [0.717, 1.165) is 24.8 Å². The topological polar surface area (TPSA) is 112 Å². The molecule has 7 atom stereocenters. The van der Waals surface area contributed by atoms with Gasteiger partial charge in [0.05, 0.1) is 6.10 Å². The maximum absolute atomic E-state index is 12.4. The van der Waals surface area contributed by atoms with Crippen LogP contribution in [0, 0.1) is 28.6 Å². The quantitative estimate of drug-likeness (QED) is 0.603. The monoisotopic (exact) mass is 438 g/mol. The molecule has 4 aliphatic rings. The smallest absolute Gasteiger partial charge is 0.190 e. The second-order valence-corrected chi connectivity index (χ2v) is 11.4. The van der Waals surface area contributed by atoms with Gasteiger partial charge in [-0.1, -0.05) is 25.5 Å². The molecule has 6 nitrogen and oxygen atoms in total. The number of fused-ring (bicyclic) bond motifs is 5. The van der Waals surface area contributed by atoms with Crippen molar-refractivity contribution in [3.63, 3.8) is 0 Å². The number of carbonyl (C=O) groups excluding carboxylic acids is 2. The first kappa shape index (κ1) is 23.5. The van der Waals surface area contributed by atoms with Gasteiger partial charge in [-0.2, -0.15) is 0 Å². The van der Waals surface area contributed by atoms with Crippen molar-refractivity contribution < 1.29 is 29.1 Å². The van der Waals surface area contributed by atoms with Crippen molar-refractivity contribution >= 4 is 22.4 Å². The summed E-state index contributed by atoms with van der Waals surface area (Å²) in [5.74, 6) is -0.227. The molecule has 30 heavy (non-hydrogen) atoms. The lowest BCUT2D eigenvalue weighted by Crippen LogP contribution is -2.61. The van der Waals surface area contributed by atoms with Crippen LogP contribution in [-0.2, 0) is 20.4 Å². The molecule has 0 aromatic carbocycles. The number of Topliss-reactive ketones (excluding diaryl/α,β-unsaturated/α-hetero) is 1. The van der Waals surface area contributed by atoms with Gasteiger partial charge in [0.2, 0.25) is 0 Å². The number of hydrogen-bond acceptors (Lipinski definition) is 6. The Morgan fingerprint density at radius 2 is 1.90 bits per heavy atom. The molecule has 0 bridgehead atoms. The molecule has 168 valence electrons. The van der Waals surface area contributed by atoms with Crippen molar-refractivity contribution in [2.24, 2.45) is 28.6 Å². The van der Waals surface area contributed by atoms with Crippen LogP contribution in [0.3, 0.4) is 0 Å². The number of ketones is 2. The molecule has 0 radical (unpaired) electrons. The lowest BCUT2D eigenvalue weighted by molar-refractivity contribution is -0.178. The molecule has 0 spiro atoms. The molecule has 0 saturated heterocycles. The number of carbonyl (C=O) groups is 2. The Hall–Kier alpha value is -1.15. The Kier molecular flexibility index (Phi) is 6.33. The van der Waals surface area contributed by atoms with E-state index in [1.54, 1.807) is 24.7 Å². The molecule has 3 N–H and O–H groups in total. The molecule has 0 heterocycles. The first-order valence-corrected chi connectivity index (χ1v) is 12.6. The van der Waals surface area contributed by atoms with Gasteiger partial charge in [0, 0.05) is 40.1 Å². The van der Waals surface area contributed by atoms with Crippen molar-refractivity contribution in [3.8, 4) is 0 Å². The Labute approximate surface area is 180 Å². The molecule has 0 unspecified atom stereocenters. The molecule has 4 aliphatic carbocycles. The molecule has 0 aromatic heterocycles. The highest BCUT2D eigenvalue weighted by Crippen LogP contribution is 2.67. The van der Waals surface area contributed by atoms with Crippen LogP contribution in [0.5, 0.6) is 0 Å². The van der Waals surface area contributed by atoms with Crippen LogP contribution in [-0.4, -0.2) is 61.9 Å².